The fraction of sp³-hybridized carbons (Fsp3) is 0.308. The van der Waals surface area contributed by atoms with Gasteiger partial charge in [0.15, 0.2) is 0 Å². The highest BCUT2D eigenvalue weighted by Gasteiger charge is 2.11. The van der Waals surface area contributed by atoms with Gasteiger partial charge in [-0.3, -0.25) is 0 Å². The Morgan fingerprint density at radius 3 is 2.94 bits per heavy atom. The summed E-state index contributed by atoms with van der Waals surface area (Å²) in [6, 6.07) is 4.89. The summed E-state index contributed by atoms with van der Waals surface area (Å²) >= 11 is 7.31. The molecule has 0 aliphatic heterocycles. The summed E-state index contributed by atoms with van der Waals surface area (Å²) in [4.78, 5) is 4.54. The number of nitrogens with one attached hydrogen (secondary N) is 1. The molecular weight excluding hydrogens is 271 g/mol. The van der Waals surface area contributed by atoms with Crippen LogP contribution in [0.4, 0.5) is 4.39 Å². The van der Waals surface area contributed by atoms with Gasteiger partial charge in [0.25, 0.3) is 0 Å². The summed E-state index contributed by atoms with van der Waals surface area (Å²) in [5, 5.41) is 6.31. The molecule has 96 valence electrons. The molecule has 1 aromatic heterocycles. The van der Waals surface area contributed by atoms with E-state index < -0.39 is 5.82 Å². The van der Waals surface area contributed by atoms with Gasteiger partial charge in [-0.15, -0.1) is 11.3 Å². The van der Waals surface area contributed by atoms with Gasteiger partial charge >= 0.3 is 0 Å². The first-order valence-corrected chi connectivity index (χ1v) is 7.01. The lowest BCUT2D eigenvalue weighted by Gasteiger charge is -2.08. The van der Waals surface area contributed by atoms with Crippen molar-refractivity contribution < 1.29 is 4.39 Å². The molecule has 0 amide bonds. The highest BCUT2D eigenvalue weighted by Crippen LogP contribution is 2.29. The van der Waals surface area contributed by atoms with E-state index in [1.165, 1.54) is 17.4 Å². The summed E-state index contributed by atoms with van der Waals surface area (Å²) in [5.41, 5.74) is 1.85. The van der Waals surface area contributed by atoms with Gasteiger partial charge in [0.1, 0.15) is 10.8 Å². The molecule has 1 N–H and O–H groups in total. The van der Waals surface area contributed by atoms with Gasteiger partial charge in [-0.2, -0.15) is 0 Å². The lowest BCUT2D eigenvalue weighted by Crippen LogP contribution is -2.17. The van der Waals surface area contributed by atoms with Gasteiger partial charge in [-0.05, 0) is 31.7 Å². The Morgan fingerprint density at radius 2 is 2.28 bits per heavy atom. The average Bonchev–Trinajstić information content (AvgIpc) is 2.82. The van der Waals surface area contributed by atoms with Crippen LogP contribution < -0.4 is 5.32 Å². The lowest BCUT2D eigenvalue weighted by molar-refractivity contribution is 0.587. The SMILES string of the molecule is CCNC(C)c1csc(-c2ccc(F)c(Cl)c2)n1. The molecule has 2 aromatic rings. The molecule has 0 spiro atoms. The number of nitrogens with zero attached hydrogens (tertiary/aromatic N) is 1. The van der Waals surface area contributed by atoms with Gasteiger partial charge in [0, 0.05) is 17.0 Å². The zero-order valence-corrected chi connectivity index (χ0v) is 11.8. The topological polar surface area (TPSA) is 24.9 Å². The molecule has 1 aromatic carbocycles. The van der Waals surface area contributed by atoms with E-state index in [0.717, 1.165) is 22.8 Å². The first-order valence-electron chi connectivity index (χ1n) is 5.76. The second-order valence-electron chi connectivity index (χ2n) is 3.99. The molecular formula is C13H14ClFN2S. The van der Waals surface area contributed by atoms with Crippen LogP contribution in [0.3, 0.4) is 0 Å². The van der Waals surface area contributed by atoms with Crippen molar-refractivity contribution >= 4 is 22.9 Å². The Labute approximate surface area is 115 Å². The summed E-state index contributed by atoms with van der Waals surface area (Å²) in [6.07, 6.45) is 0. The minimum atomic E-state index is -0.404. The molecule has 1 heterocycles. The number of thiazole rings is 1. The first-order chi connectivity index (χ1) is 8.61. The third-order valence-corrected chi connectivity index (χ3v) is 3.84. The standard InChI is InChI=1S/C13H14ClFN2S/c1-3-16-8(2)12-7-18-13(17-12)9-4-5-11(15)10(14)6-9/h4-8,16H,3H2,1-2H3. The normalized spacial score (nSPS) is 12.7. The van der Waals surface area contributed by atoms with Gasteiger partial charge in [-0.1, -0.05) is 18.5 Å². The van der Waals surface area contributed by atoms with E-state index in [2.05, 4.69) is 24.1 Å². The van der Waals surface area contributed by atoms with Crippen LogP contribution in [0.25, 0.3) is 10.6 Å². The number of halogens is 2. The summed E-state index contributed by atoms with van der Waals surface area (Å²) in [5.74, 6) is -0.404. The predicted molar refractivity (Wildman–Crippen MR) is 74.6 cm³/mol. The van der Waals surface area contributed by atoms with Crippen LogP contribution in [0, 0.1) is 5.82 Å². The summed E-state index contributed by atoms with van der Waals surface area (Å²) in [7, 11) is 0. The fourth-order valence-corrected chi connectivity index (χ4v) is 2.75. The minimum Gasteiger partial charge on any atom is -0.309 e. The molecule has 0 radical (unpaired) electrons. The van der Waals surface area contributed by atoms with Crippen LogP contribution in [-0.2, 0) is 0 Å². The van der Waals surface area contributed by atoms with Crippen molar-refractivity contribution in [2.24, 2.45) is 0 Å². The molecule has 0 saturated carbocycles. The monoisotopic (exact) mass is 284 g/mol. The minimum absolute atomic E-state index is 0.129. The van der Waals surface area contributed by atoms with Crippen LogP contribution in [-0.4, -0.2) is 11.5 Å². The van der Waals surface area contributed by atoms with E-state index in [1.807, 2.05) is 5.38 Å². The summed E-state index contributed by atoms with van der Waals surface area (Å²) < 4.78 is 13.1. The van der Waals surface area contributed by atoms with E-state index >= 15 is 0 Å². The Kier molecular flexibility index (Phi) is 4.32. The Bertz CT molecular complexity index is 542. The van der Waals surface area contributed by atoms with Crippen molar-refractivity contribution in [3.8, 4) is 10.6 Å². The molecule has 5 heteroatoms. The van der Waals surface area contributed by atoms with Gasteiger partial charge in [0.2, 0.25) is 0 Å². The van der Waals surface area contributed by atoms with Gasteiger partial charge in [0.05, 0.1) is 10.7 Å². The maximum Gasteiger partial charge on any atom is 0.141 e. The van der Waals surface area contributed by atoms with Crippen LogP contribution >= 0.6 is 22.9 Å². The number of hydrogen-bond donors (Lipinski definition) is 1. The van der Waals surface area contributed by atoms with E-state index in [4.69, 9.17) is 11.6 Å². The maximum absolute atomic E-state index is 13.1. The average molecular weight is 285 g/mol. The number of rotatable bonds is 4. The highest BCUT2D eigenvalue weighted by molar-refractivity contribution is 7.13. The van der Waals surface area contributed by atoms with E-state index in [0.29, 0.717) is 0 Å². The molecule has 1 unspecified atom stereocenters. The largest absolute Gasteiger partial charge is 0.309 e. The van der Waals surface area contributed by atoms with Crippen molar-refractivity contribution in [3.05, 3.63) is 40.1 Å². The molecule has 18 heavy (non-hydrogen) atoms. The molecule has 0 fully saturated rings. The maximum atomic E-state index is 13.1. The first kappa shape index (κ1) is 13.5. The predicted octanol–water partition coefficient (Wildman–Crippen LogP) is 4.27. The molecule has 0 bridgehead atoms. The van der Waals surface area contributed by atoms with Gasteiger partial charge in [-0.25, -0.2) is 9.37 Å². The lowest BCUT2D eigenvalue weighted by atomic mass is 10.2. The van der Waals surface area contributed by atoms with Crippen molar-refractivity contribution in [3.63, 3.8) is 0 Å². The van der Waals surface area contributed by atoms with E-state index in [-0.39, 0.29) is 11.1 Å². The molecule has 2 nitrogen and oxygen atoms in total. The Hall–Kier alpha value is -0.970. The van der Waals surface area contributed by atoms with Crippen molar-refractivity contribution in [2.75, 3.05) is 6.54 Å². The van der Waals surface area contributed by atoms with E-state index in [9.17, 15) is 4.39 Å². The van der Waals surface area contributed by atoms with Crippen LogP contribution in [0.5, 0.6) is 0 Å². The van der Waals surface area contributed by atoms with Gasteiger partial charge < -0.3 is 5.32 Å². The third kappa shape index (κ3) is 2.88. The Balaban J connectivity index is 2.26. The highest BCUT2D eigenvalue weighted by atomic mass is 35.5. The second kappa shape index (κ2) is 5.78. The van der Waals surface area contributed by atoms with Crippen molar-refractivity contribution in [2.45, 2.75) is 19.9 Å². The number of benzene rings is 1. The Morgan fingerprint density at radius 1 is 1.50 bits per heavy atom. The van der Waals surface area contributed by atoms with Crippen LogP contribution in [0.1, 0.15) is 25.6 Å². The zero-order valence-electron chi connectivity index (χ0n) is 10.2. The zero-order chi connectivity index (χ0) is 13.1. The summed E-state index contributed by atoms with van der Waals surface area (Å²) in [6.45, 7) is 5.03. The molecule has 0 saturated heterocycles. The fourth-order valence-electron chi connectivity index (χ4n) is 1.66. The molecule has 2 rings (SSSR count). The quantitative estimate of drug-likeness (QED) is 0.907. The smallest absolute Gasteiger partial charge is 0.141 e. The third-order valence-electron chi connectivity index (χ3n) is 2.64. The molecule has 0 aliphatic rings. The van der Waals surface area contributed by atoms with E-state index in [1.54, 1.807) is 12.1 Å². The molecule has 1 atom stereocenters. The van der Waals surface area contributed by atoms with Crippen molar-refractivity contribution in [1.82, 2.24) is 10.3 Å². The van der Waals surface area contributed by atoms with Crippen LogP contribution in [0.2, 0.25) is 5.02 Å². The second-order valence-corrected chi connectivity index (χ2v) is 5.25. The number of aromatic nitrogens is 1. The molecule has 0 aliphatic carbocycles. The number of hydrogen-bond acceptors (Lipinski definition) is 3. The van der Waals surface area contributed by atoms with Crippen LogP contribution in [0.15, 0.2) is 23.6 Å². The van der Waals surface area contributed by atoms with Crippen molar-refractivity contribution in [1.29, 1.82) is 0 Å².